The quantitative estimate of drug-likeness (QED) is 0.322. The molecule has 0 spiro atoms. The number of hydrogen-bond acceptors (Lipinski definition) is 8. The van der Waals surface area contributed by atoms with E-state index in [2.05, 4.69) is 22.1 Å². The van der Waals surface area contributed by atoms with Crippen LogP contribution < -0.4 is 21.3 Å². The average molecular weight is 533 g/mol. The van der Waals surface area contributed by atoms with Crippen LogP contribution in [0.15, 0.2) is 32.9 Å². The number of anilines is 1. The number of benzene rings is 1. The molecule has 1 N–H and O–H groups in total. The molecular formula is C24H27N5O7S. The number of nitrogens with zero attached hydrogens (tertiary/aromatic N) is 4. The zero-order valence-corrected chi connectivity index (χ0v) is 21.2. The number of aromatic nitrogens is 4. The lowest BCUT2D eigenvalue weighted by atomic mass is 10.2. The van der Waals surface area contributed by atoms with E-state index in [1.807, 2.05) is 0 Å². The van der Waals surface area contributed by atoms with Crippen molar-refractivity contribution >= 4 is 32.6 Å². The molecule has 37 heavy (non-hydrogen) atoms. The first-order chi connectivity index (χ1) is 18.7. The number of ether oxygens (including phenoxy) is 2. The van der Waals surface area contributed by atoms with Crippen LogP contribution in [-0.2, 0) is 39.9 Å². The number of nitrogens with one attached hydrogen (secondary N) is 1. The van der Waals surface area contributed by atoms with Crippen molar-refractivity contribution in [2.45, 2.75) is 24.5 Å². The van der Waals surface area contributed by atoms with E-state index in [1.54, 1.807) is 18.2 Å². The van der Waals surface area contributed by atoms with Crippen LogP contribution in [0.1, 0.15) is 22.5 Å². The summed E-state index contributed by atoms with van der Waals surface area (Å²) in [7, 11) is -1.53. The Morgan fingerprint density at radius 2 is 2.00 bits per heavy atom. The number of hydrogen-bond donors (Lipinski definition) is 1. The number of carbonyl (C=O) groups excluding carboxylic acids is 1. The first kappa shape index (κ1) is 22.3. The Labute approximate surface area is 217 Å². The van der Waals surface area contributed by atoms with E-state index in [1.165, 1.54) is 7.11 Å². The van der Waals surface area contributed by atoms with E-state index in [-0.39, 0.29) is 25.0 Å². The topological polar surface area (TPSA) is 144 Å². The highest BCUT2D eigenvalue weighted by molar-refractivity contribution is 7.90. The van der Waals surface area contributed by atoms with Gasteiger partial charge in [-0.2, -0.15) is 4.98 Å². The van der Waals surface area contributed by atoms with Crippen LogP contribution >= 0.6 is 0 Å². The molecule has 0 bridgehead atoms. The summed E-state index contributed by atoms with van der Waals surface area (Å²) < 4.78 is 60.7. The fraction of sp³-hybridized carbons (Fsp3) is 0.417. The summed E-state index contributed by atoms with van der Waals surface area (Å²) in [5.41, 5.74) is -1.97. The lowest BCUT2D eigenvalue weighted by molar-refractivity contribution is -0.117. The molecule has 1 fully saturated rings. The number of amides is 1. The summed E-state index contributed by atoms with van der Waals surface area (Å²) in [6.07, 6.45) is 2.40. The maximum absolute atomic E-state index is 13.0. The van der Waals surface area contributed by atoms with Crippen LogP contribution in [-0.4, -0.2) is 59.6 Å². The predicted octanol–water partition coefficient (Wildman–Crippen LogP) is 0.263. The molecule has 2 aromatic heterocycles. The van der Waals surface area contributed by atoms with Gasteiger partial charge in [0.1, 0.15) is 12.4 Å². The van der Waals surface area contributed by atoms with Gasteiger partial charge < -0.3 is 19.4 Å². The van der Waals surface area contributed by atoms with E-state index in [0.29, 0.717) is 32.7 Å². The van der Waals surface area contributed by atoms with Crippen LogP contribution in [0.25, 0.3) is 11.2 Å². The Balaban J connectivity index is 1.78. The van der Waals surface area contributed by atoms with E-state index in [4.69, 9.17) is 13.6 Å². The van der Waals surface area contributed by atoms with Crippen molar-refractivity contribution < 1.29 is 26.8 Å². The zero-order valence-electron chi connectivity index (χ0n) is 23.4. The van der Waals surface area contributed by atoms with Gasteiger partial charge in [0.05, 0.1) is 13.2 Å². The minimum absolute atomic E-state index is 0.0295. The third-order valence-corrected chi connectivity index (χ3v) is 6.53. The number of aryl methyl sites for hydroxylation is 1. The highest BCUT2D eigenvalue weighted by Gasteiger charge is 2.29. The van der Waals surface area contributed by atoms with Crippen LogP contribution in [0.5, 0.6) is 5.75 Å². The first-order valence-corrected chi connectivity index (χ1v) is 13.1. The van der Waals surface area contributed by atoms with Crippen LogP contribution in [0.4, 0.5) is 5.69 Å². The molecule has 0 saturated heterocycles. The molecule has 0 aliphatic heterocycles. The molecule has 12 nitrogen and oxygen atoms in total. The van der Waals surface area contributed by atoms with Crippen LogP contribution in [0.3, 0.4) is 0 Å². The molecule has 0 atom stereocenters. The fourth-order valence-corrected chi connectivity index (χ4v) is 4.23. The lowest BCUT2D eigenvalue weighted by Gasteiger charge is -2.10. The predicted molar refractivity (Wildman–Crippen MR) is 135 cm³/mol. The Morgan fingerprint density at radius 1 is 1.24 bits per heavy atom. The second kappa shape index (κ2) is 10.2. The highest BCUT2D eigenvalue weighted by Crippen LogP contribution is 2.31. The summed E-state index contributed by atoms with van der Waals surface area (Å²) in [6.45, 7) is -2.84. The molecule has 13 heteroatoms. The normalized spacial score (nSPS) is 14.8. The van der Waals surface area contributed by atoms with Gasteiger partial charge in [-0.3, -0.25) is 18.7 Å². The zero-order chi connectivity index (χ0) is 29.4. The largest absolute Gasteiger partial charge is 0.491 e. The maximum atomic E-state index is 13.0. The van der Waals surface area contributed by atoms with Gasteiger partial charge in [0.25, 0.3) is 5.56 Å². The van der Waals surface area contributed by atoms with Crippen molar-refractivity contribution in [3.63, 3.8) is 0 Å². The number of methoxy groups -OCH3 is 1. The van der Waals surface area contributed by atoms with Crippen molar-refractivity contribution in [3.8, 4) is 17.6 Å². The van der Waals surface area contributed by atoms with Gasteiger partial charge in [0, 0.05) is 54.7 Å². The summed E-state index contributed by atoms with van der Waals surface area (Å²) in [4.78, 5) is 42.0. The van der Waals surface area contributed by atoms with Crippen molar-refractivity contribution in [2.24, 2.45) is 19.9 Å². The number of sulfone groups is 1. The Morgan fingerprint density at radius 3 is 2.65 bits per heavy atom. The van der Waals surface area contributed by atoms with Crippen molar-refractivity contribution in [1.29, 1.82) is 0 Å². The molecule has 1 aliphatic rings. The van der Waals surface area contributed by atoms with Gasteiger partial charge in [-0.15, -0.1) is 0 Å². The third kappa shape index (κ3) is 5.60. The molecule has 2 heterocycles. The molecule has 0 unspecified atom stereocenters. The average Bonchev–Trinajstić information content (AvgIpc) is 3.62. The van der Waals surface area contributed by atoms with Gasteiger partial charge in [-0.05, 0) is 25.0 Å². The Bertz CT molecular complexity index is 1770. The molecule has 3 aromatic rings. The van der Waals surface area contributed by atoms with E-state index in [9.17, 15) is 22.8 Å². The number of fused-ring (bicyclic) bond motifs is 1. The van der Waals surface area contributed by atoms with Crippen LogP contribution in [0, 0.1) is 17.8 Å². The minimum Gasteiger partial charge on any atom is -0.491 e. The highest BCUT2D eigenvalue weighted by atomic mass is 32.2. The van der Waals surface area contributed by atoms with E-state index >= 15 is 0 Å². The Hall–Kier alpha value is -3.89. The molecule has 1 aromatic carbocycles. The van der Waals surface area contributed by atoms with Gasteiger partial charge in [0.15, 0.2) is 11.2 Å². The maximum Gasteiger partial charge on any atom is 0.333 e. The second-order valence-corrected chi connectivity index (χ2v) is 10.5. The van der Waals surface area contributed by atoms with Gasteiger partial charge in [-0.1, -0.05) is 11.8 Å². The summed E-state index contributed by atoms with van der Waals surface area (Å²) in [5.74, 6) is 5.93. The van der Waals surface area contributed by atoms with Gasteiger partial charge in [0.2, 0.25) is 20.9 Å². The van der Waals surface area contributed by atoms with Gasteiger partial charge in [-0.25, -0.2) is 13.2 Å². The lowest BCUT2D eigenvalue weighted by Crippen LogP contribution is -2.38. The Kier molecular flexibility index (Phi) is 6.17. The smallest absolute Gasteiger partial charge is 0.333 e. The number of carbonyl (C=O) groups is 1. The third-order valence-electron chi connectivity index (χ3n) is 5.59. The molecule has 196 valence electrons. The van der Waals surface area contributed by atoms with E-state index in [0.717, 1.165) is 30.7 Å². The SMILES string of the molecule is [2H]C([2H])([2H])n1c(S(C)(=O)=O)nc2c1c(=O)n(C)c(=O)n2CC#Cc1cc(NC(=O)C2CC2)cc(OCCOC)c1. The number of imidazole rings is 1. The molecule has 1 saturated carbocycles. The second-order valence-electron chi connectivity index (χ2n) is 8.56. The monoisotopic (exact) mass is 532 g/mol. The van der Waals surface area contributed by atoms with Crippen molar-refractivity contribution in [3.05, 3.63) is 44.6 Å². The summed E-state index contributed by atoms with van der Waals surface area (Å²) in [6, 6.07) is 4.90. The minimum atomic E-state index is -4.20. The summed E-state index contributed by atoms with van der Waals surface area (Å²) >= 11 is 0. The van der Waals surface area contributed by atoms with E-state index < -0.39 is 44.4 Å². The van der Waals surface area contributed by atoms with Crippen molar-refractivity contribution in [2.75, 3.05) is 31.9 Å². The fourth-order valence-electron chi connectivity index (χ4n) is 3.56. The van der Waals surface area contributed by atoms with Gasteiger partial charge >= 0.3 is 5.69 Å². The number of rotatable bonds is 8. The molecule has 1 amide bonds. The molecular weight excluding hydrogens is 502 g/mol. The molecule has 1 aliphatic carbocycles. The van der Waals surface area contributed by atoms with Crippen molar-refractivity contribution in [1.82, 2.24) is 18.7 Å². The molecule has 4 rings (SSSR count). The summed E-state index contributed by atoms with van der Waals surface area (Å²) in [5, 5.41) is 1.96. The standard InChI is InChI=1S/C24H27N5O7S/c1-27-19-20(26-23(27)37(4,33)34)29(24(32)28(2)22(19)31)9-5-6-15-12-17(25-21(30)16-7-8-16)14-18(13-15)36-11-10-35-3/h12-14,16H,7-11H2,1-4H3,(H,25,30)/i1D3. The molecule has 0 radical (unpaired) electrons. The first-order valence-electron chi connectivity index (χ1n) is 12.7. The van der Waals surface area contributed by atoms with Crippen LogP contribution in [0.2, 0.25) is 0 Å².